The summed E-state index contributed by atoms with van der Waals surface area (Å²) >= 11 is 0. The molecule has 1 aliphatic rings. The SMILES string of the molecule is CNCC(O)COc1ccc(C)c(-c2nc(N[C@H]3CCC[C@@H](O)C3)c(C)c(-c3c(C)noc3C)n2)c1. The van der Waals surface area contributed by atoms with Gasteiger partial charge in [-0.3, -0.25) is 0 Å². The van der Waals surface area contributed by atoms with E-state index in [1.807, 2.05) is 45.9 Å². The van der Waals surface area contributed by atoms with E-state index in [0.29, 0.717) is 30.3 Å². The largest absolute Gasteiger partial charge is 0.491 e. The number of ether oxygens (including phenoxy) is 1. The van der Waals surface area contributed by atoms with Crippen molar-refractivity contribution in [3.05, 3.63) is 40.8 Å². The van der Waals surface area contributed by atoms with Gasteiger partial charge in [-0.05, 0) is 78.1 Å². The zero-order valence-corrected chi connectivity index (χ0v) is 21.8. The molecule has 0 aliphatic heterocycles. The number of rotatable bonds is 9. The molecule has 2 aromatic heterocycles. The topological polar surface area (TPSA) is 126 Å². The Balaban J connectivity index is 1.76. The number of anilines is 1. The van der Waals surface area contributed by atoms with E-state index in [-0.39, 0.29) is 18.8 Å². The lowest BCUT2D eigenvalue weighted by Gasteiger charge is -2.28. The first-order chi connectivity index (χ1) is 17.3. The van der Waals surface area contributed by atoms with Crippen LogP contribution in [0.5, 0.6) is 5.75 Å². The summed E-state index contributed by atoms with van der Waals surface area (Å²) < 4.78 is 11.3. The molecule has 3 aromatic rings. The fraction of sp³-hybridized carbons (Fsp3) is 0.519. The number of nitrogens with one attached hydrogen (secondary N) is 2. The first kappa shape index (κ1) is 26.1. The molecule has 0 spiro atoms. The Bertz CT molecular complexity index is 1180. The second-order valence-electron chi connectivity index (χ2n) is 9.73. The van der Waals surface area contributed by atoms with E-state index in [0.717, 1.165) is 58.7 Å². The van der Waals surface area contributed by atoms with Crippen molar-refractivity contribution < 1.29 is 19.5 Å². The van der Waals surface area contributed by atoms with E-state index in [2.05, 4.69) is 15.8 Å². The number of likely N-dealkylation sites (N-methyl/N-ethyl adjacent to an activating group) is 1. The van der Waals surface area contributed by atoms with Crippen LogP contribution in [0.4, 0.5) is 5.82 Å². The summed E-state index contributed by atoms with van der Waals surface area (Å²) in [5.74, 6) is 2.64. The molecule has 0 amide bonds. The molecule has 4 rings (SSSR count). The minimum Gasteiger partial charge on any atom is -0.491 e. The minimum absolute atomic E-state index is 0.136. The van der Waals surface area contributed by atoms with Crippen LogP contribution in [0.3, 0.4) is 0 Å². The van der Waals surface area contributed by atoms with Crippen molar-refractivity contribution in [2.24, 2.45) is 0 Å². The third-order valence-electron chi connectivity index (χ3n) is 6.74. The molecule has 9 heteroatoms. The van der Waals surface area contributed by atoms with Crippen LogP contribution in [-0.4, -0.2) is 63.8 Å². The van der Waals surface area contributed by atoms with Crippen molar-refractivity contribution in [2.75, 3.05) is 25.5 Å². The number of nitrogens with zero attached hydrogens (tertiary/aromatic N) is 3. The van der Waals surface area contributed by atoms with Crippen LogP contribution in [0.25, 0.3) is 22.6 Å². The second kappa shape index (κ2) is 11.4. The fourth-order valence-corrected chi connectivity index (χ4v) is 4.75. The van der Waals surface area contributed by atoms with Gasteiger partial charge in [0.25, 0.3) is 0 Å². The Hall–Kier alpha value is -3.01. The Kier molecular flexibility index (Phi) is 8.23. The van der Waals surface area contributed by atoms with Gasteiger partial charge in [-0.2, -0.15) is 0 Å². The summed E-state index contributed by atoms with van der Waals surface area (Å²) in [5, 5.41) is 30.9. The highest BCUT2D eigenvalue weighted by atomic mass is 16.5. The molecule has 36 heavy (non-hydrogen) atoms. The van der Waals surface area contributed by atoms with Crippen molar-refractivity contribution in [1.82, 2.24) is 20.4 Å². The molecular formula is C27H37N5O4. The monoisotopic (exact) mass is 495 g/mol. The quantitative estimate of drug-likeness (QED) is 0.351. The molecule has 2 heterocycles. The van der Waals surface area contributed by atoms with Crippen LogP contribution in [0.15, 0.2) is 22.7 Å². The van der Waals surface area contributed by atoms with Crippen LogP contribution < -0.4 is 15.4 Å². The van der Waals surface area contributed by atoms with Gasteiger partial charge in [0.05, 0.1) is 23.1 Å². The molecule has 0 saturated heterocycles. The summed E-state index contributed by atoms with van der Waals surface area (Å²) in [6, 6.07) is 5.91. The summed E-state index contributed by atoms with van der Waals surface area (Å²) in [6.07, 6.45) is 2.58. The van der Waals surface area contributed by atoms with Crippen LogP contribution in [0.1, 0.15) is 48.3 Å². The maximum absolute atomic E-state index is 10.2. The van der Waals surface area contributed by atoms with Crippen molar-refractivity contribution in [1.29, 1.82) is 0 Å². The van der Waals surface area contributed by atoms with Gasteiger partial charge in [-0.15, -0.1) is 0 Å². The van der Waals surface area contributed by atoms with Crippen molar-refractivity contribution >= 4 is 5.82 Å². The molecule has 0 bridgehead atoms. The zero-order valence-electron chi connectivity index (χ0n) is 21.8. The second-order valence-corrected chi connectivity index (χ2v) is 9.73. The number of aryl methyl sites for hydroxylation is 3. The first-order valence-electron chi connectivity index (χ1n) is 12.6. The Morgan fingerprint density at radius 1 is 1.17 bits per heavy atom. The summed E-state index contributed by atoms with van der Waals surface area (Å²) in [4.78, 5) is 9.93. The third-order valence-corrected chi connectivity index (χ3v) is 6.74. The maximum Gasteiger partial charge on any atom is 0.162 e. The molecule has 1 saturated carbocycles. The van der Waals surface area contributed by atoms with E-state index < -0.39 is 6.10 Å². The Morgan fingerprint density at radius 2 is 1.97 bits per heavy atom. The summed E-state index contributed by atoms with van der Waals surface area (Å²) in [5.41, 5.74) is 5.16. The minimum atomic E-state index is -0.608. The highest BCUT2D eigenvalue weighted by molar-refractivity contribution is 5.75. The Morgan fingerprint density at radius 3 is 2.67 bits per heavy atom. The standard InChI is InChI=1S/C27H37N5O4/c1-15-9-10-22(35-14-21(34)13-28-5)12-23(15)27-30-25(24-17(3)32-36-18(24)4)16(2)26(31-27)29-19-7-6-8-20(33)11-19/h9-10,12,19-21,28,33-34H,6-8,11,13-14H2,1-5H3,(H,29,30,31)/t19-,20+,21?/m0/s1. The Labute approximate surface area is 212 Å². The van der Waals surface area contributed by atoms with E-state index in [4.69, 9.17) is 19.2 Å². The predicted molar refractivity (Wildman–Crippen MR) is 139 cm³/mol. The molecule has 4 N–H and O–H groups in total. The van der Waals surface area contributed by atoms with Gasteiger partial charge >= 0.3 is 0 Å². The lowest BCUT2D eigenvalue weighted by Crippen LogP contribution is -2.30. The summed E-state index contributed by atoms with van der Waals surface area (Å²) in [6.45, 7) is 8.44. The lowest BCUT2D eigenvalue weighted by atomic mass is 9.93. The van der Waals surface area contributed by atoms with Crippen LogP contribution in [0.2, 0.25) is 0 Å². The predicted octanol–water partition coefficient (Wildman–Crippen LogP) is 3.71. The van der Waals surface area contributed by atoms with Crippen LogP contribution >= 0.6 is 0 Å². The average molecular weight is 496 g/mol. The molecule has 1 aromatic carbocycles. The number of hydrogen-bond donors (Lipinski definition) is 4. The molecule has 3 atom stereocenters. The molecule has 0 radical (unpaired) electrons. The van der Waals surface area contributed by atoms with Crippen molar-refractivity contribution in [2.45, 2.75) is 71.6 Å². The number of aromatic nitrogens is 3. The van der Waals surface area contributed by atoms with E-state index in [1.165, 1.54) is 0 Å². The van der Waals surface area contributed by atoms with Gasteiger partial charge in [0.2, 0.25) is 0 Å². The smallest absolute Gasteiger partial charge is 0.162 e. The van der Waals surface area contributed by atoms with Crippen molar-refractivity contribution in [3.8, 4) is 28.4 Å². The van der Waals surface area contributed by atoms with Crippen molar-refractivity contribution in [3.63, 3.8) is 0 Å². The van der Waals surface area contributed by atoms with Crippen LogP contribution in [-0.2, 0) is 0 Å². The molecule has 1 unspecified atom stereocenters. The van der Waals surface area contributed by atoms with Gasteiger partial charge in [0, 0.05) is 23.7 Å². The number of hydrogen-bond acceptors (Lipinski definition) is 9. The van der Waals surface area contributed by atoms with Gasteiger partial charge < -0.3 is 30.1 Å². The van der Waals surface area contributed by atoms with E-state index in [1.54, 1.807) is 7.05 Å². The van der Waals surface area contributed by atoms with Gasteiger partial charge in [0.15, 0.2) is 5.82 Å². The van der Waals surface area contributed by atoms with E-state index in [9.17, 15) is 10.2 Å². The van der Waals surface area contributed by atoms with Crippen LogP contribution in [0, 0.1) is 27.7 Å². The highest BCUT2D eigenvalue weighted by Gasteiger charge is 2.25. The third kappa shape index (κ3) is 5.86. The normalized spacial score (nSPS) is 18.8. The first-order valence-corrected chi connectivity index (χ1v) is 12.6. The number of aliphatic hydroxyl groups is 2. The van der Waals surface area contributed by atoms with Gasteiger partial charge in [0.1, 0.15) is 30.0 Å². The van der Waals surface area contributed by atoms with Gasteiger partial charge in [-0.1, -0.05) is 11.2 Å². The molecular weight excluding hydrogens is 458 g/mol. The zero-order chi connectivity index (χ0) is 25.8. The lowest BCUT2D eigenvalue weighted by molar-refractivity contribution is 0.108. The average Bonchev–Trinajstić information content (AvgIpc) is 3.18. The van der Waals surface area contributed by atoms with E-state index >= 15 is 0 Å². The molecule has 1 aliphatic carbocycles. The molecule has 9 nitrogen and oxygen atoms in total. The molecule has 1 fully saturated rings. The number of benzene rings is 1. The van der Waals surface area contributed by atoms with Gasteiger partial charge in [-0.25, -0.2) is 9.97 Å². The highest BCUT2D eigenvalue weighted by Crippen LogP contribution is 2.35. The number of aliphatic hydroxyl groups excluding tert-OH is 2. The maximum atomic E-state index is 10.2. The molecule has 194 valence electrons. The summed E-state index contributed by atoms with van der Waals surface area (Å²) in [7, 11) is 1.79. The fourth-order valence-electron chi connectivity index (χ4n) is 4.75.